The molecule has 0 atom stereocenters. The minimum atomic E-state index is -0.149. The summed E-state index contributed by atoms with van der Waals surface area (Å²) in [6.45, 7) is 0.0913. The van der Waals surface area contributed by atoms with Crippen LogP contribution in [0.3, 0.4) is 0 Å². The average Bonchev–Trinajstić information content (AvgIpc) is 2.47. The van der Waals surface area contributed by atoms with Crippen LogP contribution in [0.1, 0.15) is 69.8 Å². The molecular formula is C18H28FO. The molecule has 0 aliphatic rings. The Kier molecular flexibility index (Phi) is 10.2. The monoisotopic (exact) mass is 279 g/mol. The second-order valence-electron chi connectivity index (χ2n) is 5.62. The second-order valence-corrected chi connectivity index (χ2v) is 5.62. The van der Waals surface area contributed by atoms with Gasteiger partial charge < -0.3 is 0 Å². The summed E-state index contributed by atoms with van der Waals surface area (Å²) in [6.07, 6.45) is 13.3. The molecule has 0 N–H and O–H groups in total. The van der Waals surface area contributed by atoms with Gasteiger partial charge in [0.15, 0.2) is 0 Å². The van der Waals surface area contributed by atoms with Crippen LogP contribution in [0.2, 0.25) is 0 Å². The summed E-state index contributed by atoms with van der Waals surface area (Å²) in [5, 5.41) is 10.3. The summed E-state index contributed by atoms with van der Waals surface area (Å²) in [4.78, 5) is 0. The van der Waals surface area contributed by atoms with Gasteiger partial charge in [0, 0.05) is 0 Å². The van der Waals surface area contributed by atoms with Crippen LogP contribution in [-0.2, 0) is 11.5 Å². The first-order valence-corrected chi connectivity index (χ1v) is 8.15. The van der Waals surface area contributed by atoms with Crippen LogP contribution in [-0.4, -0.2) is 6.61 Å². The van der Waals surface area contributed by atoms with Crippen LogP contribution >= 0.6 is 0 Å². The summed E-state index contributed by atoms with van der Waals surface area (Å²) in [7, 11) is 0. The smallest absolute Gasteiger partial charge is 0.123 e. The van der Waals surface area contributed by atoms with Crippen LogP contribution in [0, 0.1) is 5.82 Å². The third-order valence-corrected chi connectivity index (χ3v) is 3.77. The molecule has 20 heavy (non-hydrogen) atoms. The summed E-state index contributed by atoms with van der Waals surface area (Å²) >= 11 is 0. The van der Waals surface area contributed by atoms with Gasteiger partial charge in [-0.3, -0.25) is 0 Å². The molecule has 2 heteroatoms. The van der Waals surface area contributed by atoms with Crippen molar-refractivity contribution in [2.75, 3.05) is 6.61 Å². The fourth-order valence-corrected chi connectivity index (χ4v) is 2.50. The van der Waals surface area contributed by atoms with Crippen molar-refractivity contribution in [3.63, 3.8) is 0 Å². The first-order valence-electron chi connectivity index (χ1n) is 8.15. The maximum Gasteiger partial charge on any atom is 0.123 e. The lowest BCUT2D eigenvalue weighted by Crippen LogP contribution is -1.87. The van der Waals surface area contributed by atoms with Gasteiger partial charge in [0.2, 0.25) is 0 Å². The zero-order valence-electron chi connectivity index (χ0n) is 12.6. The van der Waals surface area contributed by atoms with Gasteiger partial charge in [-0.1, -0.05) is 63.5 Å². The van der Waals surface area contributed by atoms with Gasteiger partial charge in [-0.2, -0.15) is 0 Å². The minimum absolute atomic E-state index is 0.0913. The highest BCUT2D eigenvalue weighted by molar-refractivity contribution is 5.15. The number of hydrogen-bond acceptors (Lipinski definition) is 0. The fourth-order valence-electron chi connectivity index (χ4n) is 2.50. The minimum Gasteiger partial charge on any atom is -0.237 e. The lowest BCUT2D eigenvalue weighted by atomic mass is 10.0. The molecule has 1 aromatic carbocycles. The molecule has 1 rings (SSSR count). The lowest BCUT2D eigenvalue weighted by molar-refractivity contribution is 0.186. The number of benzene rings is 1. The van der Waals surface area contributed by atoms with Gasteiger partial charge in [-0.25, -0.2) is 9.50 Å². The number of unbranched alkanes of at least 4 members (excludes halogenated alkanes) is 9. The SMILES string of the molecule is [O]CCCCCCCCCCCCc1ccc(F)cc1. The Hall–Kier alpha value is -0.890. The van der Waals surface area contributed by atoms with E-state index in [1.807, 2.05) is 12.1 Å². The van der Waals surface area contributed by atoms with Crippen LogP contribution in [0.4, 0.5) is 4.39 Å². The molecule has 0 aromatic heterocycles. The van der Waals surface area contributed by atoms with Gasteiger partial charge in [-0.15, -0.1) is 0 Å². The zero-order chi connectivity index (χ0) is 14.5. The van der Waals surface area contributed by atoms with Gasteiger partial charge >= 0.3 is 0 Å². The number of hydrogen-bond donors (Lipinski definition) is 0. The molecule has 0 saturated heterocycles. The van der Waals surface area contributed by atoms with Crippen molar-refractivity contribution in [3.05, 3.63) is 35.6 Å². The standard InChI is InChI=1S/C18H28FO/c19-18-14-12-17(13-15-18)11-9-7-5-3-1-2-4-6-8-10-16-20/h12-15H,1-11,16H2. The van der Waals surface area contributed by atoms with Crippen molar-refractivity contribution < 1.29 is 9.50 Å². The van der Waals surface area contributed by atoms with Crippen molar-refractivity contribution in [1.82, 2.24) is 0 Å². The number of rotatable bonds is 12. The molecule has 0 fully saturated rings. The highest BCUT2D eigenvalue weighted by Crippen LogP contribution is 2.12. The van der Waals surface area contributed by atoms with Gasteiger partial charge in [0.1, 0.15) is 5.82 Å². The maximum atomic E-state index is 12.7. The van der Waals surface area contributed by atoms with Crippen molar-refractivity contribution in [3.8, 4) is 0 Å². The molecule has 1 nitrogen and oxygen atoms in total. The second kappa shape index (κ2) is 11.9. The predicted molar refractivity (Wildman–Crippen MR) is 81.8 cm³/mol. The molecule has 0 saturated carbocycles. The molecule has 0 bridgehead atoms. The van der Waals surface area contributed by atoms with E-state index < -0.39 is 0 Å². The van der Waals surface area contributed by atoms with Gasteiger partial charge in [-0.05, 0) is 37.0 Å². The van der Waals surface area contributed by atoms with E-state index >= 15 is 0 Å². The molecule has 113 valence electrons. The molecule has 1 radical (unpaired) electrons. The Morgan fingerprint density at radius 1 is 0.650 bits per heavy atom. The Labute approximate surface area is 123 Å². The van der Waals surface area contributed by atoms with E-state index in [9.17, 15) is 9.50 Å². The van der Waals surface area contributed by atoms with Crippen LogP contribution in [0.5, 0.6) is 0 Å². The summed E-state index contributed by atoms with van der Waals surface area (Å²) in [6, 6.07) is 6.86. The summed E-state index contributed by atoms with van der Waals surface area (Å²) in [5.74, 6) is -0.149. The molecule has 0 unspecified atom stereocenters. The molecular weight excluding hydrogens is 251 g/mol. The van der Waals surface area contributed by atoms with E-state index in [1.54, 1.807) is 12.1 Å². The molecule has 0 aliphatic heterocycles. The molecule has 0 spiro atoms. The maximum absolute atomic E-state index is 12.7. The van der Waals surface area contributed by atoms with Crippen LogP contribution in [0.25, 0.3) is 0 Å². The first kappa shape index (κ1) is 17.2. The highest BCUT2D eigenvalue weighted by Gasteiger charge is 1.96. The predicted octanol–water partition coefficient (Wildman–Crippen LogP) is 5.70. The van der Waals surface area contributed by atoms with Crippen molar-refractivity contribution in [1.29, 1.82) is 0 Å². The van der Waals surface area contributed by atoms with E-state index in [0.29, 0.717) is 0 Å². The van der Waals surface area contributed by atoms with Crippen molar-refractivity contribution >= 4 is 0 Å². The topological polar surface area (TPSA) is 19.9 Å². The first-order chi connectivity index (χ1) is 9.83. The number of aryl methyl sites for hydroxylation is 1. The lowest BCUT2D eigenvalue weighted by Gasteiger charge is -2.03. The Bertz CT molecular complexity index is 321. The van der Waals surface area contributed by atoms with Crippen molar-refractivity contribution in [2.24, 2.45) is 0 Å². The summed E-state index contributed by atoms with van der Waals surface area (Å²) < 4.78 is 12.7. The van der Waals surface area contributed by atoms with Gasteiger partial charge in [0.25, 0.3) is 0 Å². The average molecular weight is 279 g/mol. The quantitative estimate of drug-likeness (QED) is 0.437. The van der Waals surface area contributed by atoms with E-state index in [1.165, 1.54) is 56.9 Å². The van der Waals surface area contributed by atoms with E-state index in [0.717, 1.165) is 19.3 Å². The van der Waals surface area contributed by atoms with Gasteiger partial charge in [0.05, 0.1) is 6.61 Å². The molecule has 0 heterocycles. The van der Waals surface area contributed by atoms with Crippen LogP contribution < -0.4 is 0 Å². The normalized spacial score (nSPS) is 10.9. The fraction of sp³-hybridized carbons (Fsp3) is 0.667. The van der Waals surface area contributed by atoms with Crippen molar-refractivity contribution in [2.45, 2.75) is 70.6 Å². The highest BCUT2D eigenvalue weighted by atomic mass is 19.1. The Morgan fingerprint density at radius 2 is 1.10 bits per heavy atom. The zero-order valence-corrected chi connectivity index (χ0v) is 12.6. The number of halogens is 1. The van der Waals surface area contributed by atoms with E-state index in [-0.39, 0.29) is 12.4 Å². The largest absolute Gasteiger partial charge is 0.237 e. The summed E-state index contributed by atoms with van der Waals surface area (Å²) in [5.41, 5.74) is 1.24. The third-order valence-electron chi connectivity index (χ3n) is 3.77. The molecule has 0 aliphatic carbocycles. The Morgan fingerprint density at radius 3 is 1.60 bits per heavy atom. The van der Waals surface area contributed by atoms with E-state index in [4.69, 9.17) is 0 Å². The van der Waals surface area contributed by atoms with E-state index in [2.05, 4.69) is 0 Å². The Balaban J connectivity index is 1.84. The molecule has 1 aromatic rings. The van der Waals surface area contributed by atoms with Crippen LogP contribution in [0.15, 0.2) is 24.3 Å². The third kappa shape index (κ3) is 9.08. The molecule has 0 amide bonds.